The number of aromatic nitrogens is 2. The van der Waals surface area contributed by atoms with E-state index < -0.39 is 0 Å². The number of hydrogen-bond donors (Lipinski definition) is 1. The molecule has 1 aromatic carbocycles. The highest BCUT2D eigenvalue weighted by Gasteiger charge is 2.19. The van der Waals surface area contributed by atoms with Crippen molar-refractivity contribution in [2.75, 3.05) is 20.3 Å². The van der Waals surface area contributed by atoms with Gasteiger partial charge in [0, 0.05) is 26.8 Å². The second-order valence-electron chi connectivity index (χ2n) is 5.77. The van der Waals surface area contributed by atoms with E-state index in [9.17, 15) is 9.59 Å². The lowest BCUT2D eigenvalue weighted by Gasteiger charge is -2.16. The van der Waals surface area contributed by atoms with Crippen LogP contribution in [-0.2, 0) is 16.1 Å². The monoisotopic (exact) mass is 363 g/mol. The van der Waals surface area contributed by atoms with Crippen molar-refractivity contribution >= 4 is 28.6 Å². The van der Waals surface area contributed by atoms with Crippen LogP contribution >= 0.6 is 11.8 Å². The fourth-order valence-corrected chi connectivity index (χ4v) is 3.36. The molecule has 0 aliphatic heterocycles. The fraction of sp³-hybridized carbons (Fsp3) is 0.500. The van der Waals surface area contributed by atoms with Crippen LogP contribution in [-0.4, -0.2) is 41.0 Å². The van der Waals surface area contributed by atoms with Crippen LogP contribution in [0.25, 0.3) is 10.9 Å². The number of para-hydroxylation sites is 1. The van der Waals surface area contributed by atoms with Gasteiger partial charge in [-0.3, -0.25) is 14.2 Å². The first-order valence-electron chi connectivity index (χ1n) is 8.51. The zero-order valence-electron chi connectivity index (χ0n) is 14.9. The van der Waals surface area contributed by atoms with E-state index in [0.29, 0.717) is 42.2 Å². The quantitative estimate of drug-likeness (QED) is 0.421. The van der Waals surface area contributed by atoms with Gasteiger partial charge in [-0.25, -0.2) is 4.98 Å². The highest BCUT2D eigenvalue weighted by molar-refractivity contribution is 8.00. The van der Waals surface area contributed by atoms with E-state index in [1.807, 2.05) is 32.0 Å². The summed E-state index contributed by atoms with van der Waals surface area (Å²) in [6.07, 6.45) is 1.60. The molecule has 2 rings (SSSR count). The van der Waals surface area contributed by atoms with Crippen LogP contribution in [0.2, 0.25) is 0 Å². The Bertz CT molecular complexity index is 776. The summed E-state index contributed by atoms with van der Waals surface area (Å²) in [6.45, 7) is 5.56. The number of rotatable bonds is 9. The van der Waals surface area contributed by atoms with Gasteiger partial charge in [0.15, 0.2) is 5.16 Å². The van der Waals surface area contributed by atoms with Crippen molar-refractivity contribution in [1.82, 2.24) is 14.9 Å². The topological polar surface area (TPSA) is 73.2 Å². The summed E-state index contributed by atoms with van der Waals surface area (Å²) in [5.41, 5.74) is 0.574. The van der Waals surface area contributed by atoms with E-state index in [0.717, 1.165) is 6.42 Å². The van der Waals surface area contributed by atoms with Crippen molar-refractivity contribution in [1.29, 1.82) is 0 Å². The summed E-state index contributed by atoms with van der Waals surface area (Å²) in [6, 6.07) is 7.29. The molecule has 0 fully saturated rings. The maximum Gasteiger partial charge on any atom is 0.262 e. The Hall–Kier alpha value is -1.86. The summed E-state index contributed by atoms with van der Waals surface area (Å²) in [4.78, 5) is 29.6. The van der Waals surface area contributed by atoms with E-state index in [1.165, 1.54) is 11.8 Å². The second kappa shape index (κ2) is 9.58. The SMILES string of the molecule is CCCNC(=O)C(C)Sc1nc2ccccc2c(=O)n1CCCOC. The molecule has 0 saturated heterocycles. The number of nitrogens with zero attached hydrogens (tertiary/aromatic N) is 2. The molecule has 1 amide bonds. The number of methoxy groups -OCH3 is 1. The molecule has 0 bridgehead atoms. The van der Waals surface area contributed by atoms with Crippen LogP contribution in [0.5, 0.6) is 0 Å². The molecule has 25 heavy (non-hydrogen) atoms. The first-order valence-corrected chi connectivity index (χ1v) is 9.39. The molecule has 136 valence electrons. The molecule has 1 aromatic heterocycles. The van der Waals surface area contributed by atoms with Crippen molar-refractivity contribution in [3.63, 3.8) is 0 Å². The van der Waals surface area contributed by atoms with Crippen LogP contribution in [0.4, 0.5) is 0 Å². The summed E-state index contributed by atoms with van der Waals surface area (Å²) < 4.78 is 6.74. The molecule has 2 aromatic rings. The van der Waals surface area contributed by atoms with Gasteiger partial charge in [-0.2, -0.15) is 0 Å². The van der Waals surface area contributed by atoms with Crippen LogP contribution in [0, 0.1) is 0 Å². The highest BCUT2D eigenvalue weighted by atomic mass is 32.2. The van der Waals surface area contributed by atoms with Gasteiger partial charge in [-0.1, -0.05) is 30.8 Å². The number of carbonyl (C=O) groups is 1. The lowest BCUT2D eigenvalue weighted by molar-refractivity contribution is -0.120. The number of carbonyl (C=O) groups excluding carboxylic acids is 1. The van der Waals surface area contributed by atoms with Crippen LogP contribution in [0.3, 0.4) is 0 Å². The van der Waals surface area contributed by atoms with Crippen LogP contribution < -0.4 is 10.9 Å². The van der Waals surface area contributed by atoms with Gasteiger partial charge >= 0.3 is 0 Å². The molecule has 1 unspecified atom stereocenters. The molecule has 0 spiro atoms. The molecular formula is C18H25N3O3S. The molecule has 0 radical (unpaired) electrons. The Kier molecular flexibility index (Phi) is 7.46. The highest BCUT2D eigenvalue weighted by Crippen LogP contribution is 2.22. The minimum atomic E-state index is -0.326. The fourth-order valence-electron chi connectivity index (χ4n) is 2.41. The number of nitrogens with one attached hydrogen (secondary N) is 1. The van der Waals surface area contributed by atoms with Gasteiger partial charge in [0.05, 0.1) is 16.2 Å². The van der Waals surface area contributed by atoms with E-state index in [2.05, 4.69) is 10.3 Å². The first kappa shape index (κ1) is 19.5. The Labute approximate surface area is 152 Å². The molecule has 0 saturated carbocycles. The smallest absolute Gasteiger partial charge is 0.262 e. The molecular weight excluding hydrogens is 338 g/mol. The van der Waals surface area contributed by atoms with Gasteiger partial charge in [-0.15, -0.1) is 0 Å². The van der Waals surface area contributed by atoms with Crippen LogP contribution in [0.1, 0.15) is 26.7 Å². The summed E-state index contributed by atoms with van der Waals surface area (Å²) in [7, 11) is 1.64. The maximum absolute atomic E-state index is 12.8. The first-order chi connectivity index (χ1) is 12.1. The van der Waals surface area contributed by atoms with Crippen molar-refractivity contribution in [2.24, 2.45) is 0 Å². The predicted octanol–water partition coefficient (Wildman–Crippen LogP) is 2.44. The minimum Gasteiger partial charge on any atom is -0.385 e. The molecule has 1 atom stereocenters. The van der Waals surface area contributed by atoms with Gasteiger partial charge in [-0.05, 0) is 31.9 Å². The summed E-state index contributed by atoms with van der Waals surface area (Å²) >= 11 is 1.31. The molecule has 0 aliphatic rings. The zero-order chi connectivity index (χ0) is 18.2. The third kappa shape index (κ3) is 5.06. The van der Waals surface area contributed by atoms with E-state index in [4.69, 9.17) is 4.74 Å². The number of hydrogen-bond acceptors (Lipinski definition) is 5. The van der Waals surface area contributed by atoms with E-state index in [1.54, 1.807) is 17.7 Å². The van der Waals surface area contributed by atoms with Crippen molar-refractivity contribution in [3.05, 3.63) is 34.6 Å². The number of amides is 1. The van der Waals surface area contributed by atoms with E-state index in [-0.39, 0.29) is 16.7 Å². The molecule has 6 nitrogen and oxygen atoms in total. The summed E-state index contributed by atoms with van der Waals surface area (Å²) in [5, 5.41) is 3.71. The van der Waals surface area contributed by atoms with Gasteiger partial charge < -0.3 is 10.1 Å². The van der Waals surface area contributed by atoms with Crippen LogP contribution in [0.15, 0.2) is 34.2 Å². The average molecular weight is 363 g/mol. The molecule has 7 heteroatoms. The number of thioether (sulfide) groups is 1. The van der Waals surface area contributed by atoms with Crippen molar-refractivity contribution < 1.29 is 9.53 Å². The largest absolute Gasteiger partial charge is 0.385 e. The van der Waals surface area contributed by atoms with Gasteiger partial charge in [0.1, 0.15) is 0 Å². The second-order valence-corrected chi connectivity index (χ2v) is 7.07. The Balaban J connectivity index is 2.33. The number of benzene rings is 1. The number of fused-ring (bicyclic) bond motifs is 1. The lowest BCUT2D eigenvalue weighted by Crippen LogP contribution is -2.32. The van der Waals surface area contributed by atoms with Crippen molar-refractivity contribution in [2.45, 2.75) is 43.6 Å². The zero-order valence-corrected chi connectivity index (χ0v) is 15.8. The predicted molar refractivity (Wildman–Crippen MR) is 101 cm³/mol. The van der Waals surface area contributed by atoms with Gasteiger partial charge in [0.25, 0.3) is 5.56 Å². The lowest BCUT2D eigenvalue weighted by atomic mass is 10.2. The Morgan fingerprint density at radius 3 is 2.88 bits per heavy atom. The summed E-state index contributed by atoms with van der Waals surface area (Å²) in [5.74, 6) is -0.0438. The molecule has 1 heterocycles. The average Bonchev–Trinajstić information content (AvgIpc) is 2.62. The molecule has 1 N–H and O–H groups in total. The third-order valence-electron chi connectivity index (χ3n) is 3.76. The Morgan fingerprint density at radius 2 is 2.16 bits per heavy atom. The maximum atomic E-state index is 12.8. The van der Waals surface area contributed by atoms with Gasteiger partial charge in [0.2, 0.25) is 5.91 Å². The normalized spacial score (nSPS) is 12.3. The number of ether oxygens (including phenoxy) is 1. The van der Waals surface area contributed by atoms with Crippen molar-refractivity contribution in [3.8, 4) is 0 Å². The molecule has 0 aliphatic carbocycles. The standard InChI is InChI=1S/C18H25N3O3S/c1-4-10-19-16(22)13(2)25-18-20-15-9-6-5-8-14(15)17(23)21(18)11-7-12-24-3/h5-6,8-9,13H,4,7,10-12H2,1-3H3,(H,19,22). The minimum absolute atomic E-state index is 0.0438. The van der Waals surface area contributed by atoms with E-state index >= 15 is 0 Å². The Morgan fingerprint density at radius 1 is 1.40 bits per heavy atom. The third-order valence-corrected chi connectivity index (χ3v) is 4.85.